The number of thioether (sulfide) groups is 1. The van der Waals surface area contributed by atoms with E-state index in [0.717, 1.165) is 27.2 Å². The number of benzene rings is 1. The number of rotatable bonds is 18. The van der Waals surface area contributed by atoms with Crippen molar-refractivity contribution in [3.63, 3.8) is 0 Å². The number of alkyl carbamates (subject to hydrolysis) is 1. The molecule has 4 heterocycles. The van der Waals surface area contributed by atoms with E-state index in [9.17, 15) is 39.9 Å². The number of nitrogens with one attached hydrogen (secondary N) is 3. The van der Waals surface area contributed by atoms with Gasteiger partial charge in [-0.15, -0.1) is 0 Å². The highest BCUT2D eigenvalue weighted by Crippen LogP contribution is 2.50. The highest BCUT2D eigenvalue weighted by Gasteiger charge is 2.55. The molecule has 0 radical (unpaired) electrons. The van der Waals surface area contributed by atoms with E-state index in [0.29, 0.717) is 34.2 Å². The molecule has 20 unspecified atom stereocenters. The summed E-state index contributed by atoms with van der Waals surface area (Å²) in [6.07, 6.45) is -9.45. The Kier molecular flexibility index (Phi) is 31.1. The first kappa shape index (κ1) is 77.5. The fourth-order valence-electron chi connectivity index (χ4n) is 11.7. The predicted molar refractivity (Wildman–Crippen MR) is 351 cm³/mol. The number of hydroxylamine groups is 1. The van der Waals surface area contributed by atoms with Crippen molar-refractivity contribution < 1.29 is 95.0 Å². The molecule has 1 saturated carbocycles. The second-order valence-corrected chi connectivity index (χ2v) is 26.5. The van der Waals surface area contributed by atoms with Crippen LogP contribution in [0.2, 0.25) is 0 Å². The van der Waals surface area contributed by atoms with Gasteiger partial charge in [0.05, 0.1) is 90.4 Å². The number of amides is 1. The van der Waals surface area contributed by atoms with Gasteiger partial charge in [0.15, 0.2) is 36.2 Å². The summed E-state index contributed by atoms with van der Waals surface area (Å²) < 4.78 is 62.0. The Morgan fingerprint density at radius 3 is 2.12 bits per heavy atom. The molecule has 22 nitrogen and oxygen atoms in total. The van der Waals surface area contributed by atoms with Gasteiger partial charge in [-0.25, -0.2) is 4.79 Å². The zero-order valence-electron chi connectivity index (χ0n) is 50.6. The van der Waals surface area contributed by atoms with Gasteiger partial charge in [-0.05, 0) is 98.4 Å². The number of aliphatic hydroxyl groups excluding tert-OH is 4. The Morgan fingerprint density at radius 1 is 0.886 bits per heavy atom. The average molecular weight is 1430 g/mol. The summed E-state index contributed by atoms with van der Waals surface area (Å²) in [5.74, 6) is 9.28. The van der Waals surface area contributed by atoms with Crippen LogP contribution in [0, 0.1) is 63.8 Å². The van der Waals surface area contributed by atoms with Crippen molar-refractivity contribution in [1.82, 2.24) is 16.1 Å². The number of ketones is 1. The minimum absolute atomic E-state index is 0. The fourth-order valence-corrected chi connectivity index (χ4v) is 13.5. The van der Waals surface area contributed by atoms with Crippen molar-refractivity contribution in [2.24, 2.45) is 29.6 Å². The molecule has 4 saturated heterocycles. The normalized spacial score (nSPS) is 37.0. The third kappa shape index (κ3) is 17.8. The molecule has 500 valence electrons. The summed E-state index contributed by atoms with van der Waals surface area (Å²) in [5.41, 5.74) is 2.32. The lowest BCUT2D eigenvalue weighted by Crippen LogP contribution is -2.65. The maximum atomic E-state index is 14.4. The molecule has 2 aliphatic carbocycles. The Morgan fingerprint density at radius 2 is 1.53 bits per heavy atom. The number of aliphatic hydroxyl groups is 5. The van der Waals surface area contributed by atoms with Crippen molar-refractivity contribution in [3.05, 3.63) is 38.5 Å². The van der Waals surface area contributed by atoms with Crippen molar-refractivity contribution in [3.8, 4) is 40.9 Å². The van der Waals surface area contributed by atoms with Crippen LogP contribution in [0.15, 0.2) is 23.8 Å². The van der Waals surface area contributed by atoms with Crippen molar-refractivity contribution in [1.29, 1.82) is 0 Å². The highest BCUT2D eigenvalue weighted by molar-refractivity contribution is 14.1. The molecule has 1 aromatic carbocycles. The number of Topliss-reactive ketones (excluding diaryl/α,β-unsaturated/α-hetero) is 1. The fraction of sp³-hybridized carbons (Fsp3) is 0.721. The first-order valence-electron chi connectivity index (χ1n) is 28.8. The van der Waals surface area contributed by atoms with Gasteiger partial charge in [-0.3, -0.25) is 14.4 Å². The van der Waals surface area contributed by atoms with Crippen molar-refractivity contribution in [2.45, 2.75) is 219 Å². The van der Waals surface area contributed by atoms with Crippen LogP contribution in [0.25, 0.3) is 0 Å². The first-order valence-corrected chi connectivity index (χ1v) is 33.4. The molecule has 0 spiro atoms. The van der Waals surface area contributed by atoms with Crippen LogP contribution >= 0.6 is 34.4 Å². The van der Waals surface area contributed by atoms with E-state index in [-0.39, 0.29) is 65.3 Å². The van der Waals surface area contributed by atoms with Crippen LogP contribution in [-0.2, 0) is 74.0 Å². The smallest absolute Gasteiger partial charge is 0.407 e. The lowest BCUT2D eigenvalue weighted by molar-refractivity contribution is -0.338. The van der Waals surface area contributed by atoms with E-state index in [2.05, 4.69) is 69.1 Å². The third-order valence-electron chi connectivity index (χ3n) is 16.7. The standard InChI is InChI=1S/C59H84IN3O19S.2CH4.S3.2H2/c1-14-20-35-43-34(46(62-58(70)74-13)38(65)25-59(35,71)27(3)4)21-18-16-17-19-22-39(43)79-57-52(80-40-23-28(5)36(26-75-40)61-15-2)49(68)45(31(8)77-57)63-82-41-24-37(64)54(33(10)76-41)83-55(69)42-29(6)44(60)51(53(73-12)50(42)72-11)81-56-48(67)30(7)47(66)32(9)78-56;;;1-3-2;;/h16-17,20,27-28,30-34,36-37,39-41,43,45-49,52,54,56-57,61,63-64,66-68,71H,14-15,23-26H2,1-13H3,(H,62,70);2*1H4;;2*1H/b17-16-,35-20+;;;;;/t28?,30?,31?,32?,33?,34?,36?,37?,39-,40?,41?,43?,45?,46?,47?,48?,49?,52?,54?,56?,57?,59+;;;;;/m0...../s1. The van der Waals surface area contributed by atoms with E-state index >= 15 is 0 Å². The van der Waals surface area contributed by atoms with Gasteiger partial charge >= 0.3 is 6.09 Å². The summed E-state index contributed by atoms with van der Waals surface area (Å²) in [6.45, 7) is 19.2. The summed E-state index contributed by atoms with van der Waals surface area (Å²) in [4.78, 5) is 47.8. The number of hydrogen-bond acceptors (Lipinski definition) is 24. The maximum Gasteiger partial charge on any atom is 0.407 e. The first-order chi connectivity index (χ1) is 40.8. The van der Waals surface area contributed by atoms with Gasteiger partial charge in [0.2, 0.25) is 17.2 Å². The van der Waals surface area contributed by atoms with Crippen LogP contribution < -0.4 is 30.3 Å². The molecule has 7 rings (SSSR count). The van der Waals surface area contributed by atoms with Gasteiger partial charge < -0.3 is 83.5 Å². The van der Waals surface area contributed by atoms with E-state index in [1.807, 2.05) is 56.4 Å². The molecular formula is C61H96IN3O19S4. The number of methoxy groups -OCH3 is 3. The Labute approximate surface area is 552 Å². The second-order valence-electron chi connectivity index (χ2n) is 22.5. The molecule has 22 atom stereocenters. The molecule has 88 heavy (non-hydrogen) atoms. The average Bonchev–Trinajstić information content (AvgIpc) is 2.11. The van der Waals surface area contributed by atoms with Crippen LogP contribution in [0.5, 0.6) is 17.2 Å². The third-order valence-corrected chi connectivity index (χ3v) is 19.4. The molecule has 1 aromatic rings. The lowest BCUT2D eigenvalue weighted by atomic mass is 9.71. The number of halogens is 1. The summed E-state index contributed by atoms with van der Waals surface area (Å²) in [5, 5.41) is 63.4. The van der Waals surface area contributed by atoms with E-state index in [1.54, 1.807) is 34.6 Å². The van der Waals surface area contributed by atoms with Crippen LogP contribution in [0.4, 0.5) is 4.79 Å². The van der Waals surface area contributed by atoms with Crippen molar-refractivity contribution >= 4 is 82.6 Å². The van der Waals surface area contributed by atoms with Gasteiger partial charge in [0.25, 0.3) is 0 Å². The summed E-state index contributed by atoms with van der Waals surface area (Å²) in [7, 11) is 4.88. The molecule has 0 aromatic heterocycles. The lowest BCUT2D eigenvalue weighted by Gasteiger charge is -2.47. The monoisotopic (exact) mass is 1430 g/mol. The largest absolute Gasteiger partial charge is 0.492 e. The molecule has 5 fully saturated rings. The Bertz CT molecular complexity index is 2760. The molecule has 8 N–H and O–H groups in total. The number of carbonyl (C=O) groups excluding carboxylic acids is 3. The summed E-state index contributed by atoms with van der Waals surface area (Å²) >= 11 is 11.1. The molecule has 27 heteroatoms. The number of likely N-dealkylation sites (N-methyl/N-ethyl adjacent to an activating group) is 1. The summed E-state index contributed by atoms with van der Waals surface area (Å²) in [6, 6.07) is -2.23. The Balaban J connectivity index is 0.00000386. The SMILES string of the molecule is C.C.CC/C=C1\C2C(C#C/C=C\C#C[C@@H]2OC2OC(C)C(NOC3CC(O)C(SC(=O)c4c(C)c(I)c(OC5OC(C)C(O)C(C)C5O)c(OC)c4OC)C(C)O3)C(O)C2OC2CC(C)C(NCC)CO2)C(NC(=O)OC)C(=O)C[C@@]1(O)C(C)C.S=S=S.[HH].[HH]. The maximum absolute atomic E-state index is 14.4. The number of fused-ring (bicyclic) bond motifs is 1. The van der Waals surface area contributed by atoms with E-state index in [1.165, 1.54) is 33.5 Å². The second kappa shape index (κ2) is 35.3. The minimum atomic E-state index is -1.72. The number of ether oxygens (including phenoxy) is 10. The highest BCUT2D eigenvalue weighted by atomic mass is 127. The van der Waals surface area contributed by atoms with Gasteiger partial charge in [-0.2, -0.15) is 5.48 Å². The molecule has 1 amide bonds. The number of allylic oxidation sites excluding steroid dienone is 3. The molecule has 4 aliphatic heterocycles. The van der Waals surface area contributed by atoms with Gasteiger partial charge in [-0.1, -0.05) is 97.9 Å². The quantitative estimate of drug-likeness (QED) is 0.0365. The number of carbonyl (C=O) groups is 3. The molecule has 6 aliphatic rings. The van der Waals surface area contributed by atoms with Gasteiger partial charge in [0.1, 0.15) is 30.5 Å². The van der Waals surface area contributed by atoms with Crippen LogP contribution in [0.3, 0.4) is 0 Å². The molecule has 0 bridgehead atoms. The van der Waals surface area contributed by atoms with Crippen LogP contribution in [-0.4, -0.2) is 186 Å². The van der Waals surface area contributed by atoms with Crippen molar-refractivity contribution in [2.75, 3.05) is 34.5 Å². The topological polar surface area (TPSA) is 290 Å². The zero-order valence-corrected chi connectivity index (χ0v) is 56.1. The van der Waals surface area contributed by atoms with Gasteiger partial charge in [0, 0.05) is 71.3 Å². The van der Waals surface area contributed by atoms with E-state index < -0.39 is 144 Å². The Hall–Kier alpha value is -2.99. The zero-order chi connectivity index (χ0) is 63.5. The number of hydrogen-bond donors (Lipinski definition) is 8. The molecular weight excluding hydrogens is 1330 g/mol. The minimum Gasteiger partial charge on any atom is -0.492 e. The van der Waals surface area contributed by atoms with E-state index in [4.69, 9.17) is 52.2 Å². The predicted octanol–water partition coefficient (Wildman–Crippen LogP) is 5.95. The van der Waals surface area contributed by atoms with Crippen LogP contribution in [0.1, 0.15) is 122 Å².